The molecule has 0 aliphatic carbocycles. The van der Waals surface area contributed by atoms with Gasteiger partial charge in [-0.3, -0.25) is 4.79 Å². The molecule has 1 aliphatic heterocycles. The fourth-order valence-corrected chi connectivity index (χ4v) is 4.98. The van der Waals surface area contributed by atoms with Gasteiger partial charge in [-0.2, -0.15) is 0 Å². The van der Waals surface area contributed by atoms with Crippen molar-refractivity contribution in [3.05, 3.63) is 40.3 Å². The molecule has 30 heavy (non-hydrogen) atoms. The number of aromatic amines is 2. The van der Waals surface area contributed by atoms with Crippen molar-refractivity contribution in [3.63, 3.8) is 0 Å². The molecule has 1 aliphatic rings. The summed E-state index contributed by atoms with van der Waals surface area (Å²) in [6.07, 6.45) is 3.26. The van der Waals surface area contributed by atoms with E-state index >= 15 is 0 Å². The first-order chi connectivity index (χ1) is 14.4. The van der Waals surface area contributed by atoms with Crippen LogP contribution in [-0.2, 0) is 14.8 Å². The maximum absolute atomic E-state index is 12.9. The largest absolute Gasteiger partial charge is 0.462 e. The van der Waals surface area contributed by atoms with Crippen LogP contribution in [0.5, 0.6) is 0 Å². The average molecular weight is 433 g/mol. The lowest BCUT2D eigenvalue weighted by Crippen LogP contribution is -2.35. The summed E-state index contributed by atoms with van der Waals surface area (Å²) >= 11 is 0. The van der Waals surface area contributed by atoms with Crippen molar-refractivity contribution in [1.29, 1.82) is 0 Å². The Morgan fingerprint density at radius 3 is 2.77 bits per heavy atom. The van der Waals surface area contributed by atoms with E-state index in [-0.39, 0.29) is 22.6 Å². The molecule has 0 saturated carbocycles. The number of fused-ring (bicyclic) bond motifs is 3. The zero-order valence-corrected chi connectivity index (χ0v) is 17.4. The van der Waals surface area contributed by atoms with E-state index in [4.69, 9.17) is 4.74 Å². The highest BCUT2D eigenvalue weighted by Crippen LogP contribution is 2.27. The minimum Gasteiger partial charge on any atom is -0.462 e. The molecule has 1 fully saturated rings. The van der Waals surface area contributed by atoms with E-state index in [1.54, 1.807) is 6.92 Å². The molecule has 0 bridgehead atoms. The molecule has 10 heteroatoms. The van der Waals surface area contributed by atoms with E-state index in [9.17, 15) is 18.0 Å². The molecule has 3 aromatic rings. The fourth-order valence-electron chi connectivity index (χ4n) is 3.84. The van der Waals surface area contributed by atoms with Gasteiger partial charge >= 0.3 is 5.97 Å². The van der Waals surface area contributed by atoms with Crippen molar-refractivity contribution in [1.82, 2.24) is 20.0 Å². The Balaban J connectivity index is 1.76. The lowest BCUT2D eigenvalue weighted by atomic mass is 9.99. The molecule has 4 N–H and O–H groups in total. The van der Waals surface area contributed by atoms with Crippen LogP contribution < -0.4 is 15.6 Å². The number of hydrogen-bond acceptors (Lipinski definition) is 6. The van der Waals surface area contributed by atoms with Crippen LogP contribution in [0.1, 0.15) is 30.1 Å². The Labute approximate surface area is 173 Å². The minimum absolute atomic E-state index is 0.0771. The summed E-state index contributed by atoms with van der Waals surface area (Å²) in [6, 6.07) is 4.47. The quantitative estimate of drug-likeness (QED) is 0.436. The van der Waals surface area contributed by atoms with Crippen molar-refractivity contribution < 1.29 is 17.9 Å². The van der Waals surface area contributed by atoms with Crippen molar-refractivity contribution in [2.24, 2.45) is 5.92 Å². The number of pyridine rings is 1. The van der Waals surface area contributed by atoms with Gasteiger partial charge in [0.2, 0.25) is 10.0 Å². The number of benzene rings is 1. The molecule has 0 amide bonds. The van der Waals surface area contributed by atoms with E-state index < -0.39 is 21.6 Å². The first-order valence-electron chi connectivity index (χ1n) is 9.95. The first-order valence-corrected chi connectivity index (χ1v) is 11.4. The molecule has 0 radical (unpaired) electrons. The SMILES string of the molecule is CCOC(=O)c1c[nH]c2c(=O)[nH]c3ccc(S(=O)(=O)NCC4CCNCC4)cc3c12. The lowest BCUT2D eigenvalue weighted by molar-refractivity contribution is 0.0529. The Morgan fingerprint density at radius 2 is 2.03 bits per heavy atom. The van der Waals surface area contributed by atoms with Gasteiger partial charge in [0.05, 0.1) is 17.1 Å². The number of aromatic nitrogens is 2. The second kappa shape index (κ2) is 8.21. The topological polar surface area (TPSA) is 133 Å². The second-order valence-electron chi connectivity index (χ2n) is 7.38. The molecule has 0 unspecified atom stereocenters. The normalized spacial score (nSPS) is 15.6. The highest BCUT2D eigenvalue weighted by Gasteiger charge is 2.22. The van der Waals surface area contributed by atoms with Crippen LogP contribution in [0, 0.1) is 5.92 Å². The van der Waals surface area contributed by atoms with Gasteiger partial charge in [0.25, 0.3) is 5.56 Å². The van der Waals surface area contributed by atoms with Crippen LogP contribution in [0.4, 0.5) is 0 Å². The number of nitrogens with one attached hydrogen (secondary N) is 4. The number of piperidine rings is 1. The van der Waals surface area contributed by atoms with Crippen LogP contribution in [0.3, 0.4) is 0 Å². The molecule has 2 aromatic heterocycles. The predicted octanol–water partition coefficient (Wildman–Crippen LogP) is 1.46. The van der Waals surface area contributed by atoms with E-state index in [1.165, 1.54) is 24.4 Å². The molecular formula is C20H24N4O5S. The van der Waals surface area contributed by atoms with E-state index in [2.05, 4.69) is 20.0 Å². The van der Waals surface area contributed by atoms with Crippen LogP contribution in [0.15, 0.2) is 34.1 Å². The summed E-state index contributed by atoms with van der Waals surface area (Å²) in [7, 11) is -3.75. The molecule has 9 nitrogen and oxygen atoms in total. The Kier molecular flexibility index (Phi) is 5.63. The van der Waals surface area contributed by atoms with E-state index in [0.717, 1.165) is 25.9 Å². The van der Waals surface area contributed by atoms with Gasteiger partial charge in [-0.05, 0) is 57.0 Å². The smallest absolute Gasteiger partial charge is 0.340 e. The predicted molar refractivity (Wildman–Crippen MR) is 113 cm³/mol. The number of sulfonamides is 1. The summed E-state index contributed by atoms with van der Waals surface area (Å²) in [6.45, 7) is 4.03. The van der Waals surface area contributed by atoms with E-state index in [1.807, 2.05) is 0 Å². The third-order valence-electron chi connectivity index (χ3n) is 5.44. The van der Waals surface area contributed by atoms with Gasteiger partial charge in [0.1, 0.15) is 5.52 Å². The maximum atomic E-state index is 12.9. The van der Waals surface area contributed by atoms with Gasteiger partial charge in [-0.15, -0.1) is 0 Å². The summed E-state index contributed by atoms with van der Waals surface area (Å²) < 4.78 is 33.5. The molecular weight excluding hydrogens is 408 g/mol. The van der Waals surface area contributed by atoms with Gasteiger partial charge in [-0.1, -0.05) is 0 Å². The third-order valence-corrected chi connectivity index (χ3v) is 6.86. The average Bonchev–Trinajstić information content (AvgIpc) is 3.19. The summed E-state index contributed by atoms with van der Waals surface area (Å²) in [5, 5.41) is 4.07. The third kappa shape index (κ3) is 3.85. The lowest BCUT2D eigenvalue weighted by Gasteiger charge is -2.22. The van der Waals surface area contributed by atoms with Gasteiger partial charge in [0, 0.05) is 29.0 Å². The maximum Gasteiger partial charge on any atom is 0.340 e. The van der Waals surface area contributed by atoms with Crippen LogP contribution in [0.2, 0.25) is 0 Å². The van der Waals surface area contributed by atoms with Crippen molar-refractivity contribution in [2.45, 2.75) is 24.7 Å². The number of esters is 1. The second-order valence-corrected chi connectivity index (χ2v) is 9.15. The van der Waals surface area contributed by atoms with E-state index in [0.29, 0.717) is 28.8 Å². The molecule has 1 aromatic carbocycles. The molecule has 160 valence electrons. The number of hydrogen-bond donors (Lipinski definition) is 4. The number of ether oxygens (including phenoxy) is 1. The zero-order valence-electron chi connectivity index (χ0n) is 16.6. The summed E-state index contributed by atoms with van der Waals surface area (Å²) in [5.74, 6) is -0.280. The number of rotatable bonds is 6. The number of carbonyl (C=O) groups excluding carboxylic acids is 1. The minimum atomic E-state index is -3.75. The molecule has 4 rings (SSSR count). The Hall–Kier alpha value is -2.69. The monoisotopic (exact) mass is 432 g/mol. The van der Waals surface area contributed by atoms with Crippen molar-refractivity contribution in [2.75, 3.05) is 26.2 Å². The number of carbonyl (C=O) groups is 1. The zero-order chi connectivity index (χ0) is 21.3. The Bertz CT molecular complexity index is 1260. The molecule has 3 heterocycles. The molecule has 1 saturated heterocycles. The van der Waals surface area contributed by atoms with Crippen LogP contribution >= 0.6 is 0 Å². The fraction of sp³-hybridized carbons (Fsp3) is 0.400. The molecule has 0 atom stereocenters. The first kappa shape index (κ1) is 20.6. The number of H-pyrrole nitrogens is 2. The van der Waals surface area contributed by atoms with Crippen molar-refractivity contribution in [3.8, 4) is 0 Å². The highest BCUT2D eigenvalue weighted by atomic mass is 32.2. The van der Waals surface area contributed by atoms with Gasteiger partial charge < -0.3 is 20.0 Å². The van der Waals surface area contributed by atoms with Crippen LogP contribution in [-0.4, -0.2) is 50.6 Å². The molecule has 0 spiro atoms. The van der Waals surface area contributed by atoms with Crippen molar-refractivity contribution >= 4 is 37.8 Å². The summed E-state index contributed by atoms with van der Waals surface area (Å²) in [5.41, 5.74) is 0.436. The standard InChI is InChI=1S/C20H24N4O5S/c1-2-29-20(26)15-11-22-18-17(15)14-9-13(3-4-16(14)24-19(18)25)30(27,28)23-10-12-5-7-21-8-6-12/h3-4,9,11-12,21-23H,2,5-8,10H2,1H3,(H,24,25). The summed E-state index contributed by atoms with van der Waals surface area (Å²) in [4.78, 5) is 30.3. The van der Waals surface area contributed by atoms with Crippen LogP contribution in [0.25, 0.3) is 21.8 Å². The van der Waals surface area contributed by atoms with Gasteiger partial charge in [-0.25, -0.2) is 17.9 Å². The van der Waals surface area contributed by atoms with Gasteiger partial charge in [0.15, 0.2) is 0 Å². The highest BCUT2D eigenvalue weighted by molar-refractivity contribution is 7.89. The Morgan fingerprint density at radius 1 is 1.27 bits per heavy atom.